The van der Waals surface area contributed by atoms with Crippen LogP contribution in [0, 0.1) is 19.8 Å². The fourth-order valence-corrected chi connectivity index (χ4v) is 4.36. The number of piperidine rings is 1. The van der Waals surface area contributed by atoms with E-state index in [0.29, 0.717) is 31.0 Å². The molecule has 2 N–H and O–H groups in total. The molecule has 0 radical (unpaired) electrons. The van der Waals surface area contributed by atoms with Gasteiger partial charge in [0.2, 0.25) is 5.91 Å². The van der Waals surface area contributed by atoms with Crippen molar-refractivity contribution >= 4 is 29.1 Å². The summed E-state index contributed by atoms with van der Waals surface area (Å²) in [5.41, 5.74) is 5.29. The van der Waals surface area contributed by atoms with Gasteiger partial charge in [-0.05, 0) is 67.9 Å². The zero-order valence-corrected chi connectivity index (χ0v) is 18.2. The number of aryl methyl sites for hydroxylation is 3. The first-order valence-corrected chi connectivity index (χ1v) is 10.8. The number of carbonyl (C=O) groups is 3. The van der Waals surface area contributed by atoms with Crippen LogP contribution in [0.1, 0.15) is 54.6 Å². The molecule has 3 amide bonds. The Kier molecular flexibility index (Phi) is 5.76. The van der Waals surface area contributed by atoms with E-state index in [1.165, 1.54) is 0 Å². The first-order chi connectivity index (χ1) is 14.8. The van der Waals surface area contributed by atoms with E-state index in [4.69, 9.17) is 0 Å². The molecule has 0 saturated carbocycles. The summed E-state index contributed by atoms with van der Waals surface area (Å²) in [7, 11) is 0. The van der Waals surface area contributed by atoms with Gasteiger partial charge in [-0.3, -0.25) is 19.4 Å². The van der Waals surface area contributed by atoms with Gasteiger partial charge in [-0.2, -0.15) is 0 Å². The van der Waals surface area contributed by atoms with Crippen molar-refractivity contribution in [1.29, 1.82) is 0 Å². The minimum absolute atomic E-state index is 0.0287. The van der Waals surface area contributed by atoms with Crippen molar-refractivity contribution in [1.82, 2.24) is 9.88 Å². The molecule has 1 fully saturated rings. The second-order valence-electron chi connectivity index (χ2n) is 8.70. The van der Waals surface area contributed by atoms with Crippen molar-refractivity contribution in [3.05, 3.63) is 52.8 Å². The number of hydrogen-bond acceptors (Lipinski definition) is 4. The molecule has 0 aliphatic carbocycles. The Morgan fingerprint density at radius 3 is 2.74 bits per heavy atom. The van der Waals surface area contributed by atoms with Crippen LogP contribution in [0.4, 0.5) is 11.4 Å². The fraction of sp³-hybridized carbons (Fsp3) is 0.417. The average Bonchev–Trinajstić information content (AvgIpc) is 2.75. The van der Waals surface area contributed by atoms with E-state index in [2.05, 4.69) is 28.6 Å². The number of anilines is 2. The quantitative estimate of drug-likeness (QED) is 0.727. The molecular weight excluding hydrogens is 392 g/mol. The molecule has 2 aliphatic rings. The Labute approximate surface area is 182 Å². The molecule has 4 rings (SSSR count). The van der Waals surface area contributed by atoms with Crippen LogP contribution >= 0.6 is 0 Å². The highest BCUT2D eigenvalue weighted by Crippen LogP contribution is 2.36. The number of likely N-dealkylation sites (tertiary alicyclic amines) is 1. The van der Waals surface area contributed by atoms with Gasteiger partial charge in [-0.25, -0.2) is 0 Å². The number of amides is 3. The smallest absolute Gasteiger partial charge is 0.313 e. The topological polar surface area (TPSA) is 91.4 Å². The van der Waals surface area contributed by atoms with Crippen LogP contribution in [-0.2, 0) is 20.8 Å². The van der Waals surface area contributed by atoms with E-state index in [1.807, 2.05) is 32.0 Å². The van der Waals surface area contributed by atoms with E-state index in [1.54, 1.807) is 11.1 Å². The van der Waals surface area contributed by atoms with E-state index in [-0.39, 0.29) is 11.9 Å². The molecule has 7 heteroatoms. The minimum atomic E-state index is -0.644. The average molecular weight is 421 g/mol. The molecule has 1 aromatic heterocycles. The van der Waals surface area contributed by atoms with Crippen LogP contribution in [0.25, 0.3) is 0 Å². The van der Waals surface area contributed by atoms with Gasteiger partial charge in [0.15, 0.2) is 0 Å². The first kappa shape index (κ1) is 21.0. The molecule has 2 aromatic rings. The van der Waals surface area contributed by atoms with Crippen LogP contribution in [0.2, 0.25) is 0 Å². The van der Waals surface area contributed by atoms with Gasteiger partial charge < -0.3 is 15.5 Å². The highest BCUT2D eigenvalue weighted by Gasteiger charge is 2.34. The summed E-state index contributed by atoms with van der Waals surface area (Å²) < 4.78 is 0. The molecule has 162 valence electrons. The molecule has 1 aromatic carbocycles. The lowest BCUT2D eigenvalue weighted by Gasteiger charge is -2.39. The molecule has 7 nitrogen and oxygen atoms in total. The fourth-order valence-electron chi connectivity index (χ4n) is 4.36. The third-order valence-electron chi connectivity index (χ3n) is 6.28. The van der Waals surface area contributed by atoms with Crippen LogP contribution < -0.4 is 10.6 Å². The van der Waals surface area contributed by atoms with Crippen LogP contribution in [-0.4, -0.2) is 34.2 Å². The van der Waals surface area contributed by atoms with E-state index >= 15 is 0 Å². The number of pyridine rings is 1. The van der Waals surface area contributed by atoms with Gasteiger partial charge >= 0.3 is 11.8 Å². The second kappa shape index (κ2) is 8.49. The molecule has 0 bridgehead atoms. The monoisotopic (exact) mass is 420 g/mol. The largest absolute Gasteiger partial charge is 0.327 e. The lowest BCUT2D eigenvalue weighted by molar-refractivity contribution is -0.146. The van der Waals surface area contributed by atoms with Gasteiger partial charge in [-0.15, -0.1) is 0 Å². The van der Waals surface area contributed by atoms with Crippen molar-refractivity contribution in [2.45, 2.75) is 52.5 Å². The third-order valence-corrected chi connectivity index (χ3v) is 6.28. The zero-order chi connectivity index (χ0) is 22.1. The molecular formula is C24H28N4O3. The number of nitrogens with zero attached hydrogens (tertiary/aromatic N) is 2. The highest BCUT2D eigenvalue weighted by atomic mass is 16.2. The van der Waals surface area contributed by atoms with Crippen LogP contribution in [0.5, 0.6) is 0 Å². The molecule has 1 saturated heterocycles. The van der Waals surface area contributed by atoms with Crippen molar-refractivity contribution in [3.63, 3.8) is 0 Å². The van der Waals surface area contributed by atoms with E-state index in [9.17, 15) is 14.4 Å². The first-order valence-electron chi connectivity index (χ1n) is 10.8. The summed E-state index contributed by atoms with van der Waals surface area (Å²) in [6.45, 7) is 6.45. The summed E-state index contributed by atoms with van der Waals surface area (Å²) >= 11 is 0. The second-order valence-corrected chi connectivity index (χ2v) is 8.70. The van der Waals surface area contributed by atoms with Crippen molar-refractivity contribution in [3.8, 4) is 0 Å². The summed E-state index contributed by atoms with van der Waals surface area (Å²) in [5, 5.41) is 5.60. The maximum Gasteiger partial charge on any atom is 0.313 e. The summed E-state index contributed by atoms with van der Waals surface area (Å²) in [4.78, 5) is 43.5. The SMILES string of the molecule is Cc1cc(NC(=O)C(=O)N2C[C@@H](C)CC[C@@H]2c2ccc3c(c2)CCC(=O)N3)cnc1C. The van der Waals surface area contributed by atoms with Crippen molar-refractivity contribution in [2.75, 3.05) is 17.2 Å². The van der Waals surface area contributed by atoms with Gasteiger partial charge in [0.05, 0.1) is 17.9 Å². The van der Waals surface area contributed by atoms with Crippen LogP contribution in [0.15, 0.2) is 30.5 Å². The van der Waals surface area contributed by atoms with Gasteiger partial charge in [0.25, 0.3) is 0 Å². The Hall–Kier alpha value is -3.22. The summed E-state index contributed by atoms with van der Waals surface area (Å²) in [5.74, 6) is -0.815. The number of aromatic nitrogens is 1. The Bertz CT molecular complexity index is 1050. The Morgan fingerprint density at radius 1 is 1.16 bits per heavy atom. The van der Waals surface area contributed by atoms with E-state index in [0.717, 1.165) is 40.9 Å². The number of benzene rings is 1. The van der Waals surface area contributed by atoms with Crippen LogP contribution in [0.3, 0.4) is 0 Å². The third kappa shape index (κ3) is 4.45. The number of carbonyl (C=O) groups excluding carboxylic acids is 3. The molecule has 0 unspecified atom stereocenters. The number of rotatable bonds is 2. The minimum Gasteiger partial charge on any atom is -0.327 e. The maximum atomic E-state index is 13.2. The highest BCUT2D eigenvalue weighted by molar-refractivity contribution is 6.39. The van der Waals surface area contributed by atoms with Crippen molar-refractivity contribution < 1.29 is 14.4 Å². The predicted octanol–water partition coefficient (Wildman–Crippen LogP) is 3.52. The molecule has 0 spiro atoms. The summed E-state index contributed by atoms with van der Waals surface area (Å²) in [6, 6.07) is 7.60. The zero-order valence-electron chi connectivity index (χ0n) is 18.2. The molecule has 2 atom stereocenters. The maximum absolute atomic E-state index is 13.2. The van der Waals surface area contributed by atoms with Crippen molar-refractivity contribution in [2.24, 2.45) is 5.92 Å². The lowest BCUT2D eigenvalue weighted by Crippen LogP contribution is -2.46. The number of hydrogen-bond donors (Lipinski definition) is 2. The molecule has 31 heavy (non-hydrogen) atoms. The predicted molar refractivity (Wildman–Crippen MR) is 119 cm³/mol. The molecule has 2 aliphatic heterocycles. The number of nitrogens with one attached hydrogen (secondary N) is 2. The number of fused-ring (bicyclic) bond motifs is 1. The normalized spacial score (nSPS) is 20.6. The Balaban J connectivity index is 1.55. The van der Waals surface area contributed by atoms with Gasteiger partial charge in [-0.1, -0.05) is 19.1 Å². The lowest BCUT2D eigenvalue weighted by atomic mass is 9.88. The standard InChI is InChI=1S/C24H28N4O3/c1-14-4-8-21(18-5-7-20-17(11-18)6-9-22(29)27-20)28(13-14)24(31)23(30)26-19-10-15(2)16(3)25-12-19/h5,7,10-12,14,21H,4,6,8-9,13H2,1-3H3,(H,26,30)(H,27,29)/t14-,21+/m0/s1. The van der Waals surface area contributed by atoms with Gasteiger partial charge in [0.1, 0.15) is 0 Å². The Morgan fingerprint density at radius 2 is 1.97 bits per heavy atom. The van der Waals surface area contributed by atoms with E-state index < -0.39 is 11.8 Å². The molecule has 3 heterocycles. The van der Waals surface area contributed by atoms with Gasteiger partial charge in [0, 0.05) is 24.3 Å². The summed E-state index contributed by atoms with van der Waals surface area (Å²) in [6.07, 6.45) is 4.52.